The van der Waals surface area contributed by atoms with Crippen molar-refractivity contribution in [1.29, 1.82) is 0 Å². The van der Waals surface area contributed by atoms with Crippen molar-refractivity contribution in [3.63, 3.8) is 0 Å². The lowest BCUT2D eigenvalue weighted by atomic mass is 9.84. The summed E-state index contributed by atoms with van der Waals surface area (Å²) in [6.45, 7) is 7.67. The van der Waals surface area contributed by atoms with Crippen molar-refractivity contribution in [2.45, 2.75) is 64.8 Å². The van der Waals surface area contributed by atoms with E-state index in [0.29, 0.717) is 12.0 Å². The molecule has 0 N–H and O–H groups in total. The molecule has 3 heterocycles. The van der Waals surface area contributed by atoms with Crippen LogP contribution in [0.1, 0.15) is 70.7 Å². The molecule has 2 aromatic rings. The van der Waals surface area contributed by atoms with E-state index >= 15 is 0 Å². The van der Waals surface area contributed by atoms with Crippen molar-refractivity contribution in [3.05, 3.63) is 24.2 Å². The Bertz CT molecular complexity index is 777. The number of imidazole rings is 1. The van der Waals surface area contributed by atoms with Crippen LogP contribution in [0.5, 0.6) is 0 Å². The van der Waals surface area contributed by atoms with Gasteiger partial charge in [0.15, 0.2) is 5.65 Å². The van der Waals surface area contributed by atoms with Crippen molar-refractivity contribution in [2.75, 3.05) is 13.1 Å². The van der Waals surface area contributed by atoms with Gasteiger partial charge in [-0.1, -0.05) is 27.2 Å². The van der Waals surface area contributed by atoms with Crippen molar-refractivity contribution in [1.82, 2.24) is 19.4 Å². The average molecular weight is 340 g/mol. The number of aromatic nitrogens is 3. The fraction of sp³-hybridized carbons (Fsp3) is 0.650. The van der Waals surface area contributed by atoms with Gasteiger partial charge in [0.25, 0.3) is 0 Å². The fourth-order valence-electron chi connectivity index (χ4n) is 4.06. The zero-order valence-electron chi connectivity index (χ0n) is 15.5. The molecule has 1 aliphatic carbocycles. The lowest BCUT2D eigenvalue weighted by Gasteiger charge is -2.37. The maximum absolute atomic E-state index is 12.6. The summed E-state index contributed by atoms with van der Waals surface area (Å²) in [6.07, 6.45) is 7.63. The van der Waals surface area contributed by atoms with Gasteiger partial charge < -0.3 is 9.47 Å². The van der Waals surface area contributed by atoms with Gasteiger partial charge in [0.2, 0.25) is 5.91 Å². The highest BCUT2D eigenvalue weighted by atomic mass is 16.2. The highest BCUT2D eigenvalue weighted by molar-refractivity contribution is 5.81. The number of piperidine rings is 1. The van der Waals surface area contributed by atoms with E-state index in [9.17, 15) is 4.79 Å². The molecule has 2 aromatic heterocycles. The first-order valence-corrected chi connectivity index (χ1v) is 9.57. The summed E-state index contributed by atoms with van der Waals surface area (Å²) in [5.41, 5.74) is 1.73. The maximum Gasteiger partial charge on any atom is 0.227 e. The molecule has 4 rings (SSSR count). The molecule has 0 atom stereocenters. The number of carbonyl (C=O) groups is 1. The van der Waals surface area contributed by atoms with Crippen molar-refractivity contribution >= 4 is 17.1 Å². The summed E-state index contributed by atoms with van der Waals surface area (Å²) in [5, 5.41) is 0. The monoisotopic (exact) mass is 340 g/mol. The Balaban J connectivity index is 1.60. The number of likely N-dealkylation sites (tertiary alicyclic amines) is 1. The van der Waals surface area contributed by atoms with E-state index in [4.69, 9.17) is 4.98 Å². The van der Waals surface area contributed by atoms with E-state index in [-0.39, 0.29) is 11.3 Å². The highest BCUT2D eigenvalue weighted by Gasteiger charge is 2.34. The SMILES string of the molecule is CC(C)(C)C(=O)N1CCC(n2c(C3CCC3)nc3cccnc32)CC1. The van der Waals surface area contributed by atoms with Crippen LogP contribution in [0.2, 0.25) is 0 Å². The second-order valence-corrected chi connectivity index (χ2v) is 8.59. The molecule has 25 heavy (non-hydrogen) atoms. The van der Waals surface area contributed by atoms with E-state index < -0.39 is 0 Å². The minimum Gasteiger partial charge on any atom is -0.342 e. The first-order valence-electron chi connectivity index (χ1n) is 9.57. The van der Waals surface area contributed by atoms with E-state index in [1.165, 1.54) is 25.1 Å². The number of hydrogen-bond acceptors (Lipinski definition) is 3. The van der Waals surface area contributed by atoms with E-state index in [1.807, 2.05) is 37.9 Å². The average Bonchev–Trinajstić information content (AvgIpc) is 2.90. The van der Waals surface area contributed by atoms with Crippen LogP contribution < -0.4 is 0 Å². The Labute approximate surface area is 149 Å². The number of amides is 1. The lowest BCUT2D eigenvalue weighted by molar-refractivity contribution is -0.140. The van der Waals surface area contributed by atoms with Gasteiger partial charge >= 0.3 is 0 Å². The third kappa shape index (κ3) is 2.94. The minimum absolute atomic E-state index is 0.263. The molecule has 0 radical (unpaired) electrons. The molecule has 0 unspecified atom stereocenters. The Kier molecular flexibility index (Phi) is 4.05. The first-order chi connectivity index (χ1) is 11.9. The third-order valence-electron chi connectivity index (χ3n) is 5.70. The molecule has 1 saturated heterocycles. The van der Waals surface area contributed by atoms with Crippen LogP contribution in [0.15, 0.2) is 18.3 Å². The Hall–Kier alpha value is -1.91. The molecule has 0 bridgehead atoms. The predicted molar refractivity (Wildman–Crippen MR) is 98.4 cm³/mol. The number of hydrogen-bond donors (Lipinski definition) is 0. The summed E-state index contributed by atoms with van der Waals surface area (Å²) in [4.78, 5) is 24.1. The molecule has 5 nitrogen and oxygen atoms in total. The van der Waals surface area contributed by atoms with Crippen LogP contribution in [-0.4, -0.2) is 38.4 Å². The van der Waals surface area contributed by atoms with Crippen LogP contribution in [0.3, 0.4) is 0 Å². The van der Waals surface area contributed by atoms with Crippen molar-refractivity contribution < 1.29 is 4.79 Å². The number of rotatable bonds is 2. The molecule has 2 aliphatic rings. The lowest BCUT2D eigenvalue weighted by Crippen LogP contribution is -2.44. The van der Waals surface area contributed by atoms with Gasteiger partial charge in [0, 0.05) is 36.7 Å². The summed E-state index contributed by atoms with van der Waals surface area (Å²) < 4.78 is 2.40. The zero-order valence-corrected chi connectivity index (χ0v) is 15.5. The van der Waals surface area contributed by atoms with E-state index in [1.54, 1.807) is 0 Å². The van der Waals surface area contributed by atoms with Crippen LogP contribution in [0, 0.1) is 5.41 Å². The number of nitrogens with zero attached hydrogens (tertiary/aromatic N) is 4. The quantitative estimate of drug-likeness (QED) is 0.833. The normalized spacial score (nSPS) is 20.0. The summed E-state index contributed by atoms with van der Waals surface area (Å²) in [5.74, 6) is 2.07. The van der Waals surface area contributed by atoms with Crippen LogP contribution in [0.4, 0.5) is 0 Å². The standard InChI is InChI=1S/C20H28N4O/c1-20(2,3)19(25)23-12-9-15(10-13-23)24-17(14-6-4-7-14)22-16-8-5-11-21-18(16)24/h5,8,11,14-15H,4,6-7,9-10,12-13H2,1-3H3. The van der Waals surface area contributed by atoms with Gasteiger partial charge in [-0.25, -0.2) is 9.97 Å². The summed E-state index contributed by atoms with van der Waals surface area (Å²) >= 11 is 0. The van der Waals surface area contributed by atoms with Gasteiger partial charge in [-0.2, -0.15) is 0 Å². The van der Waals surface area contributed by atoms with Crippen LogP contribution in [-0.2, 0) is 4.79 Å². The molecule has 0 aromatic carbocycles. The van der Waals surface area contributed by atoms with Crippen LogP contribution >= 0.6 is 0 Å². The van der Waals surface area contributed by atoms with Crippen molar-refractivity contribution in [3.8, 4) is 0 Å². The largest absolute Gasteiger partial charge is 0.342 e. The van der Waals surface area contributed by atoms with E-state index in [0.717, 1.165) is 37.1 Å². The van der Waals surface area contributed by atoms with Gasteiger partial charge in [-0.3, -0.25) is 4.79 Å². The Morgan fingerprint density at radius 3 is 2.48 bits per heavy atom. The summed E-state index contributed by atoms with van der Waals surface area (Å²) in [7, 11) is 0. The molecule has 0 spiro atoms. The van der Waals surface area contributed by atoms with Crippen molar-refractivity contribution in [2.24, 2.45) is 5.41 Å². The van der Waals surface area contributed by atoms with Crippen LogP contribution in [0.25, 0.3) is 11.2 Å². The molecule has 2 fully saturated rings. The second kappa shape index (κ2) is 6.11. The number of fused-ring (bicyclic) bond motifs is 1. The van der Waals surface area contributed by atoms with Gasteiger partial charge in [-0.15, -0.1) is 0 Å². The Morgan fingerprint density at radius 1 is 1.16 bits per heavy atom. The maximum atomic E-state index is 12.6. The smallest absolute Gasteiger partial charge is 0.227 e. The molecule has 5 heteroatoms. The molecule has 1 amide bonds. The van der Waals surface area contributed by atoms with E-state index in [2.05, 4.69) is 15.6 Å². The molecular weight excluding hydrogens is 312 g/mol. The minimum atomic E-state index is -0.298. The van der Waals surface area contributed by atoms with Gasteiger partial charge in [0.1, 0.15) is 11.3 Å². The molecule has 1 saturated carbocycles. The third-order valence-corrected chi connectivity index (χ3v) is 5.70. The van der Waals surface area contributed by atoms with Gasteiger partial charge in [0.05, 0.1) is 0 Å². The highest BCUT2D eigenvalue weighted by Crippen LogP contribution is 2.40. The topological polar surface area (TPSA) is 51.0 Å². The Morgan fingerprint density at radius 2 is 1.88 bits per heavy atom. The molecule has 134 valence electrons. The zero-order chi connectivity index (χ0) is 17.6. The molecular formula is C20H28N4O. The molecule has 1 aliphatic heterocycles. The summed E-state index contributed by atoms with van der Waals surface area (Å²) in [6, 6.07) is 4.44. The predicted octanol–water partition coefficient (Wildman–Crippen LogP) is 3.91. The first kappa shape index (κ1) is 16.6. The fourth-order valence-corrected chi connectivity index (χ4v) is 4.06. The number of carbonyl (C=O) groups excluding carboxylic acids is 1. The second-order valence-electron chi connectivity index (χ2n) is 8.59. The van der Waals surface area contributed by atoms with Gasteiger partial charge in [-0.05, 0) is 37.8 Å². The number of pyridine rings is 1.